The number of nitrogens with two attached hydrogens (primary N) is 1. The molecule has 0 bridgehead atoms. The topological polar surface area (TPSA) is 64.3 Å². The second-order valence-electron chi connectivity index (χ2n) is 3.36. The van der Waals surface area contributed by atoms with Crippen LogP contribution in [0.1, 0.15) is 25.6 Å². The molecule has 1 amide bonds. The first-order valence-corrected chi connectivity index (χ1v) is 6.08. The number of nitrogens with one attached hydrogen (secondary N) is 1. The van der Waals surface area contributed by atoms with E-state index in [-0.39, 0.29) is 4.11 Å². The molecular formula is C11H15IN2O2. The summed E-state index contributed by atoms with van der Waals surface area (Å²) >= 11 is 2.17. The van der Waals surface area contributed by atoms with Crippen molar-refractivity contribution in [3.05, 3.63) is 34.9 Å². The highest BCUT2D eigenvalue weighted by Crippen LogP contribution is 2.28. The average molecular weight is 334 g/mol. The highest BCUT2D eigenvalue weighted by atomic mass is 127. The summed E-state index contributed by atoms with van der Waals surface area (Å²) in [6.07, 6.45) is 0. The fraction of sp³-hybridized carbons (Fsp3) is 0.364. The molecule has 0 aliphatic heterocycles. The highest BCUT2D eigenvalue weighted by Gasteiger charge is 2.13. The first-order valence-electron chi connectivity index (χ1n) is 4.84. The Bertz CT molecular complexity index is 382. The van der Waals surface area contributed by atoms with Gasteiger partial charge in [-0.05, 0) is 52.9 Å². The summed E-state index contributed by atoms with van der Waals surface area (Å²) in [5.74, 6) is -0.419. The summed E-state index contributed by atoms with van der Waals surface area (Å²) in [6.45, 7) is 0.733. The third kappa shape index (κ3) is 3.16. The maximum Gasteiger partial charge on any atom is 0.248 e. The molecule has 1 aromatic rings. The highest BCUT2D eigenvalue weighted by molar-refractivity contribution is 14.1. The van der Waals surface area contributed by atoms with Gasteiger partial charge in [0.1, 0.15) is 4.11 Å². The lowest BCUT2D eigenvalue weighted by Gasteiger charge is -2.14. The molecule has 0 fully saturated rings. The molecule has 1 aromatic carbocycles. The standard InChI is InChI=1S/C11H15IN2O2/c1-14-6-8-4-3-7(11(13)15)5-9(8)10(12)16-2/h3-5,10,14H,6H2,1-2H3,(H2,13,15). The Morgan fingerprint density at radius 1 is 1.62 bits per heavy atom. The molecule has 1 unspecified atom stereocenters. The Morgan fingerprint density at radius 3 is 2.81 bits per heavy atom. The lowest BCUT2D eigenvalue weighted by Crippen LogP contribution is -2.14. The fourth-order valence-electron chi connectivity index (χ4n) is 1.44. The summed E-state index contributed by atoms with van der Waals surface area (Å²) in [7, 11) is 3.51. The third-order valence-corrected chi connectivity index (χ3v) is 3.43. The number of carbonyl (C=O) groups is 1. The van der Waals surface area contributed by atoms with Crippen molar-refractivity contribution in [3.8, 4) is 0 Å². The van der Waals surface area contributed by atoms with Gasteiger partial charge in [0.25, 0.3) is 0 Å². The molecular weight excluding hydrogens is 319 g/mol. The van der Waals surface area contributed by atoms with E-state index in [1.54, 1.807) is 19.2 Å². The number of methoxy groups -OCH3 is 1. The zero-order chi connectivity index (χ0) is 12.1. The first kappa shape index (κ1) is 13.4. The van der Waals surface area contributed by atoms with Gasteiger partial charge in [0, 0.05) is 19.2 Å². The van der Waals surface area contributed by atoms with Crippen molar-refractivity contribution in [2.24, 2.45) is 5.73 Å². The number of hydrogen-bond acceptors (Lipinski definition) is 3. The normalized spacial score (nSPS) is 12.4. The van der Waals surface area contributed by atoms with E-state index in [2.05, 4.69) is 27.9 Å². The number of carbonyl (C=O) groups excluding carboxylic acids is 1. The molecule has 0 aliphatic rings. The molecule has 5 heteroatoms. The van der Waals surface area contributed by atoms with Crippen molar-refractivity contribution in [2.45, 2.75) is 10.7 Å². The van der Waals surface area contributed by atoms with E-state index in [9.17, 15) is 4.79 Å². The quantitative estimate of drug-likeness (QED) is 0.635. The van der Waals surface area contributed by atoms with Gasteiger partial charge in [0.2, 0.25) is 5.91 Å². The molecule has 0 aromatic heterocycles. The maximum absolute atomic E-state index is 11.1. The van der Waals surface area contributed by atoms with Crippen LogP contribution in [0.25, 0.3) is 0 Å². The predicted octanol–water partition coefficient (Wildman–Crippen LogP) is 1.58. The Morgan fingerprint density at radius 2 is 2.31 bits per heavy atom. The van der Waals surface area contributed by atoms with Crippen LogP contribution in [0.2, 0.25) is 0 Å². The van der Waals surface area contributed by atoms with Gasteiger partial charge in [-0.15, -0.1) is 0 Å². The van der Waals surface area contributed by atoms with E-state index < -0.39 is 5.91 Å². The molecule has 0 aliphatic carbocycles. The Hall–Kier alpha value is -0.660. The lowest BCUT2D eigenvalue weighted by molar-refractivity contribution is 0.1000. The lowest BCUT2D eigenvalue weighted by atomic mass is 10.0. The van der Waals surface area contributed by atoms with Crippen molar-refractivity contribution in [1.29, 1.82) is 0 Å². The van der Waals surface area contributed by atoms with Gasteiger partial charge in [-0.25, -0.2) is 0 Å². The van der Waals surface area contributed by atoms with Crippen LogP contribution in [0.15, 0.2) is 18.2 Å². The monoisotopic (exact) mass is 334 g/mol. The first-order chi connectivity index (χ1) is 7.60. The molecule has 0 saturated carbocycles. The van der Waals surface area contributed by atoms with Gasteiger partial charge in [0.15, 0.2) is 0 Å². The number of primary amides is 1. The van der Waals surface area contributed by atoms with Crippen LogP contribution in [-0.2, 0) is 11.3 Å². The van der Waals surface area contributed by atoms with Gasteiger partial charge >= 0.3 is 0 Å². The molecule has 0 radical (unpaired) electrons. The second-order valence-corrected chi connectivity index (χ2v) is 4.49. The van der Waals surface area contributed by atoms with Crippen LogP contribution >= 0.6 is 22.6 Å². The minimum absolute atomic E-state index is 0.0831. The Kier molecular flexibility index (Phi) is 5.17. The predicted molar refractivity (Wildman–Crippen MR) is 71.5 cm³/mol. The van der Waals surface area contributed by atoms with E-state index in [0.717, 1.165) is 17.7 Å². The number of halogens is 1. The molecule has 88 valence electrons. The molecule has 3 N–H and O–H groups in total. The van der Waals surface area contributed by atoms with Crippen molar-refractivity contribution >= 4 is 28.5 Å². The molecule has 16 heavy (non-hydrogen) atoms. The van der Waals surface area contributed by atoms with Crippen molar-refractivity contribution in [3.63, 3.8) is 0 Å². The smallest absolute Gasteiger partial charge is 0.248 e. The molecule has 4 nitrogen and oxygen atoms in total. The third-order valence-electron chi connectivity index (χ3n) is 2.25. The molecule has 0 saturated heterocycles. The average Bonchev–Trinajstić information content (AvgIpc) is 2.28. The number of alkyl halides is 1. The van der Waals surface area contributed by atoms with Crippen LogP contribution in [-0.4, -0.2) is 20.1 Å². The van der Waals surface area contributed by atoms with Gasteiger partial charge in [-0.1, -0.05) is 6.07 Å². The van der Waals surface area contributed by atoms with Gasteiger partial charge in [-0.3, -0.25) is 4.79 Å². The largest absolute Gasteiger partial charge is 0.366 e. The van der Waals surface area contributed by atoms with Crippen LogP contribution in [0.5, 0.6) is 0 Å². The van der Waals surface area contributed by atoms with E-state index in [4.69, 9.17) is 10.5 Å². The Balaban J connectivity index is 3.15. The summed E-state index contributed by atoms with van der Waals surface area (Å²) < 4.78 is 5.18. The van der Waals surface area contributed by atoms with E-state index in [0.29, 0.717) is 5.56 Å². The Labute approximate surface area is 109 Å². The summed E-state index contributed by atoms with van der Waals surface area (Å²) in [5.41, 5.74) is 7.84. The van der Waals surface area contributed by atoms with Gasteiger partial charge in [-0.2, -0.15) is 0 Å². The zero-order valence-corrected chi connectivity index (χ0v) is 11.4. The van der Waals surface area contributed by atoms with Crippen LogP contribution in [0.3, 0.4) is 0 Å². The number of hydrogen-bond donors (Lipinski definition) is 2. The minimum Gasteiger partial charge on any atom is -0.366 e. The number of ether oxygens (including phenoxy) is 1. The van der Waals surface area contributed by atoms with Gasteiger partial charge < -0.3 is 15.8 Å². The summed E-state index contributed by atoms with van der Waals surface area (Å²) in [4.78, 5) is 11.1. The van der Waals surface area contributed by atoms with Crippen LogP contribution in [0, 0.1) is 0 Å². The number of amides is 1. The number of rotatable bonds is 5. The number of benzene rings is 1. The summed E-state index contributed by atoms with van der Waals surface area (Å²) in [6, 6.07) is 5.42. The van der Waals surface area contributed by atoms with E-state index in [1.807, 2.05) is 13.1 Å². The molecule has 1 atom stereocenters. The van der Waals surface area contributed by atoms with Crippen molar-refractivity contribution in [2.75, 3.05) is 14.2 Å². The van der Waals surface area contributed by atoms with Crippen molar-refractivity contribution < 1.29 is 9.53 Å². The molecule has 0 spiro atoms. The van der Waals surface area contributed by atoms with Crippen LogP contribution < -0.4 is 11.1 Å². The second kappa shape index (κ2) is 6.17. The zero-order valence-electron chi connectivity index (χ0n) is 9.29. The van der Waals surface area contributed by atoms with Gasteiger partial charge in [0.05, 0.1) is 0 Å². The summed E-state index contributed by atoms with van der Waals surface area (Å²) in [5, 5.41) is 3.08. The maximum atomic E-state index is 11.1. The van der Waals surface area contributed by atoms with E-state index >= 15 is 0 Å². The molecule has 1 rings (SSSR count). The SMILES string of the molecule is CNCc1ccc(C(N)=O)cc1C(I)OC. The minimum atomic E-state index is -0.419. The fourth-order valence-corrected chi connectivity index (χ4v) is 2.02. The molecule has 0 heterocycles. The van der Waals surface area contributed by atoms with Crippen molar-refractivity contribution in [1.82, 2.24) is 5.32 Å². The van der Waals surface area contributed by atoms with Crippen LogP contribution in [0.4, 0.5) is 0 Å². The van der Waals surface area contributed by atoms with E-state index in [1.165, 1.54) is 0 Å².